The first-order chi connectivity index (χ1) is 15.7. The zero-order valence-electron chi connectivity index (χ0n) is 17.1. The summed E-state index contributed by atoms with van der Waals surface area (Å²) in [6, 6.07) is 3.36. The van der Waals surface area contributed by atoms with Crippen molar-refractivity contribution in [1.29, 1.82) is 0 Å². The maximum atomic E-state index is 13.0. The van der Waals surface area contributed by atoms with E-state index in [0.29, 0.717) is 48.6 Å². The van der Waals surface area contributed by atoms with Crippen LogP contribution >= 0.6 is 0 Å². The molecule has 1 amide bonds. The van der Waals surface area contributed by atoms with Crippen LogP contribution in [0, 0.1) is 0 Å². The van der Waals surface area contributed by atoms with Crippen molar-refractivity contribution in [3.8, 4) is 11.5 Å². The van der Waals surface area contributed by atoms with Gasteiger partial charge in [0.25, 0.3) is 5.91 Å². The highest BCUT2D eigenvalue weighted by Crippen LogP contribution is 2.40. The number of rotatable bonds is 5. The summed E-state index contributed by atoms with van der Waals surface area (Å²) in [6.45, 7) is -3.54. The number of carbonyl (C=O) groups excluding carboxylic acids is 1. The summed E-state index contributed by atoms with van der Waals surface area (Å²) in [5.74, 6) is 0.380. The molecule has 1 fully saturated rings. The summed E-state index contributed by atoms with van der Waals surface area (Å²) < 4.78 is 70.5. The molecule has 3 aromatic heterocycles. The first-order valence-electron chi connectivity index (χ1n) is 10.4. The number of hydrogen-bond donors (Lipinski definition) is 1. The van der Waals surface area contributed by atoms with E-state index in [-0.39, 0.29) is 0 Å². The minimum absolute atomic E-state index is 0.315. The van der Waals surface area contributed by atoms with Crippen LogP contribution in [-0.2, 0) is 12.6 Å². The van der Waals surface area contributed by atoms with Gasteiger partial charge in [-0.15, -0.1) is 0 Å². The van der Waals surface area contributed by atoms with Crippen molar-refractivity contribution in [2.75, 3.05) is 0 Å². The first kappa shape index (κ1) is 21.5. The molecule has 0 aromatic carbocycles. The maximum absolute atomic E-state index is 13.0. The SMILES string of the molecule is O=C(N[C@H]1CCCc2oc(-c3ccnc(C4CC4)c3)nc21)c1cc(C(F)(F)F)n(C(F)F)n1. The Morgan fingerprint density at radius 1 is 1.21 bits per heavy atom. The van der Waals surface area contributed by atoms with Gasteiger partial charge in [0.2, 0.25) is 5.89 Å². The number of aromatic nitrogens is 4. The van der Waals surface area contributed by atoms with Gasteiger partial charge in [0, 0.05) is 35.9 Å². The van der Waals surface area contributed by atoms with E-state index in [1.54, 1.807) is 12.3 Å². The molecule has 1 atom stereocenters. The van der Waals surface area contributed by atoms with E-state index in [9.17, 15) is 26.7 Å². The standard InChI is InChI=1S/C21H18F5N5O2/c22-20(23)31-16(21(24,25)26)9-14(30-31)18(32)28-12-2-1-3-15-17(12)29-19(33-15)11-6-7-27-13(8-11)10-4-5-10/h6-10,12,20H,1-5H2,(H,28,32)/t12-/m0/s1. The minimum atomic E-state index is -5.08. The third-order valence-electron chi connectivity index (χ3n) is 5.73. The summed E-state index contributed by atoms with van der Waals surface area (Å²) in [6.07, 6.45) is 0.487. The fourth-order valence-electron chi connectivity index (χ4n) is 3.96. The second-order valence-corrected chi connectivity index (χ2v) is 8.12. The Morgan fingerprint density at radius 2 is 2.00 bits per heavy atom. The summed E-state index contributed by atoms with van der Waals surface area (Å²) in [5, 5.41) is 5.73. The van der Waals surface area contributed by atoms with Crippen molar-refractivity contribution < 1.29 is 31.2 Å². The number of hydrogen-bond acceptors (Lipinski definition) is 5. The van der Waals surface area contributed by atoms with E-state index >= 15 is 0 Å². The van der Waals surface area contributed by atoms with Crippen molar-refractivity contribution in [3.63, 3.8) is 0 Å². The predicted molar refractivity (Wildman–Crippen MR) is 103 cm³/mol. The van der Waals surface area contributed by atoms with Crippen LogP contribution in [0.1, 0.15) is 77.5 Å². The van der Waals surface area contributed by atoms with Gasteiger partial charge in [-0.25, -0.2) is 4.98 Å². The van der Waals surface area contributed by atoms with Crippen molar-refractivity contribution in [2.45, 2.75) is 56.8 Å². The normalized spacial score (nSPS) is 18.4. The van der Waals surface area contributed by atoms with Crippen LogP contribution < -0.4 is 5.32 Å². The zero-order chi connectivity index (χ0) is 23.3. The van der Waals surface area contributed by atoms with Crippen molar-refractivity contribution in [2.24, 2.45) is 0 Å². The largest absolute Gasteiger partial charge is 0.441 e. The maximum Gasteiger partial charge on any atom is 0.433 e. The number of halogens is 5. The Morgan fingerprint density at radius 3 is 2.67 bits per heavy atom. The molecule has 1 N–H and O–H groups in total. The molecule has 7 nitrogen and oxygen atoms in total. The van der Waals surface area contributed by atoms with Crippen LogP contribution in [0.5, 0.6) is 0 Å². The highest BCUT2D eigenvalue weighted by Gasteiger charge is 2.39. The molecule has 0 bridgehead atoms. The molecule has 0 saturated heterocycles. The average molecular weight is 467 g/mol. The van der Waals surface area contributed by atoms with Crippen LogP contribution in [0.4, 0.5) is 22.0 Å². The molecule has 1 saturated carbocycles. The molecule has 0 radical (unpaired) electrons. The van der Waals surface area contributed by atoms with Gasteiger partial charge in [-0.2, -0.15) is 31.7 Å². The third kappa shape index (κ3) is 4.21. The summed E-state index contributed by atoms with van der Waals surface area (Å²) >= 11 is 0. The quantitative estimate of drug-likeness (QED) is 0.532. The molecular formula is C21H18F5N5O2. The van der Waals surface area contributed by atoms with Gasteiger partial charge in [-0.05, 0) is 37.8 Å². The fraction of sp³-hybridized carbons (Fsp3) is 0.429. The molecule has 33 heavy (non-hydrogen) atoms. The molecule has 0 unspecified atom stereocenters. The predicted octanol–water partition coefficient (Wildman–Crippen LogP) is 5.03. The lowest BCUT2D eigenvalue weighted by Gasteiger charge is -2.20. The highest BCUT2D eigenvalue weighted by molar-refractivity contribution is 5.92. The molecule has 174 valence electrons. The Labute approximate surface area is 184 Å². The molecule has 2 aliphatic rings. The second kappa shape index (κ2) is 7.92. The van der Waals surface area contributed by atoms with Gasteiger partial charge in [-0.1, -0.05) is 0 Å². The number of nitrogens with one attached hydrogen (secondary N) is 1. The van der Waals surface area contributed by atoms with E-state index in [1.165, 1.54) is 0 Å². The fourth-order valence-corrected chi connectivity index (χ4v) is 3.96. The van der Waals surface area contributed by atoms with Gasteiger partial charge >= 0.3 is 12.7 Å². The minimum Gasteiger partial charge on any atom is -0.441 e. The lowest BCUT2D eigenvalue weighted by Crippen LogP contribution is -2.31. The number of alkyl halides is 5. The van der Waals surface area contributed by atoms with Crippen molar-refractivity contribution in [3.05, 3.63) is 52.9 Å². The monoisotopic (exact) mass is 467 g/mol. The lowest BCUT2D eigenvalue weighted by molar-refractivity contribution is -0.149. The van der Waals surface area contributed by atoms with Crippen LogP contribution in [-0.4, -0.2) is 25.7 Å². The summed E-state index contributed by atoms with van der Waals surface area (Å²) in [5.41, 5.74) is -0.263. The molecule has 5 rings (SSSR count). The Kier molecular flexibility index (Phi) is 5.17. The van der Waals surface area contributed by atoms with E-state index in [4.69, 9.17) is 4.42 Å². The van der Waals surface area contributed by atoms with Gasteiger partial charge in [0.1, 0.15) is 17.1 Å². The van der Waals surface area contributed by atoms with Gasteiger partial charge < -0.3 is 9.73 Å². The molecule has 2 aliphatic carbocycles. The van der Waals surface area contributed by atoms with E-state index in [1.807, 2.05) is 6.07 Å². The topological polar surface area (TPSA) is 85.8 Å². The molecule has 12 heteroatoms. The van der Waals surface area contributed by atoms with E-state index < -0.39 is 40.7 Å². The van der Waals surface area contributed by atoms with Gasteiger partial charge in [0.15, 0.2) is 5.69 Å². The molecule has 3 heterocycles. The molecule has 0 spiro atoms. The van der Waals surface area contributed by atoms with Crippen molar-refractivity contribution in [1.82, 2.24) is 25.1 Å². The number of aryl methyl sites for hydroxylation is 1. The number of nitrogens with zero attached hydrogens (tertiary/aromatic N) is 4. The zero-order valence-corrected chi connectivity index (χ0v) is 17.1. The van der Waals surface area contributed by atoms with Gasteiger partial charge in [0.05, 0.1) is 6.04 Å². The Balaban J connectivity index is 1.39. The highest BCUT2D eigenvalue weighted by atomic mass is 19.4. The molecule has 3 aromatic rings. The number of pyridine rings is 1. The molecular weight excluding hydrogens is 449 g/mol. The number of amides is 1. The van der Waals surface area contributed by atoms with Crippen LogP contribution in [0.15, 0.2) is 28.8 Å². The first-order valence-corrected chi connectivity index (χ1v) is 10.4. The van der Waals surface area contributed by atoms with Crippen molar-refractivity contribution >= 4 is 5.91 Å². The van der Waals surface area contributed by atoms with Crippen LogP contribution in [0.2, 0.25) is 0 Å². The van der Waals surface area contributed by atoms with E-state index in [0.717, 1.165) is 24.1 Å². The Hall–Kier alpha value is -3.31. The summed E-state index contributed by atoms with van der Waals surface area (Å²) in [4.78, 5) is 21.5. The number of oxazole rings is 1. The Bertz CT molecular complexity index is 1200. The number of fused-ring (bicyclic) bond motifs is 1. The van der Waals surface area contributed by atoms with Gasteiger partial charge in [-0.3, -0.25) is 9.78 Å². The third-order valence-corrected chi connectivity index (χ3v) is 5.73. The lowest BCUT2D eigenvalue weighted by atomic mass is 9.96. The molecule has 0 aliphatic heterocycles. The smallest absolute Gasteiger partial charge is 0.433 e. The van der Waals surface area contributed by atoms with E-state index in [2.05, 4.69) is 20.4 Å². The van der Waals surface area contributed by atoms with Crippen LogP contribution in [0.3, 0.4) is 0 Å². The summed E-state index contributed by atoms with van der Waals surface area (Å²) in [7, 11) is 0. The van der Waals surface area contributed by atoms with Crippen LogP contribution in [0.25, 0.3) is 11.5 Å². The average Bonchev–Trinajstić information content (AvgIpc) is 3.34. The second-order valence-electron chi connectivity index (χ2n) is 8.12. The number of carbonyl (C=O) groups is 1.